The molecule has 0 aliphatic rings. The second-order valence-corrected chi connectivity index (χ2v) is 5.91. The molecule has 0 fully saturated rings. The van der Waals surface area contributed by atoms with Crippen molar-refractivity contribution in [2.75, 3.05) is 12.9 Å². The molecular formula is C13H15BrO3S. The Labute approximate surface area is 119 Å². The molecule has 1 aromatic carbocycles. The maximum Gasteiger partial charge on any atom is 0.323 e. The summed E-state index contributed by atoms with van der Waals surface area (Å²) < 4.78 is 5.76. The molecule has 0 aliphatic heterocycles. The van der Waals surface area contributed by atoms with Crippen LogP contribution in [-0.4, -0.2) is 24.6 Å². The molecule has 1 unspecified atom stereocenters. The average molecular weight is 331 g/mol. The Balaban J connectivity index is 2.75. The molecule has 0 heterocycles. The molecule has 0 saturated heterocycles. The molecule has 0 amide bonds. The SMILES string of the molecule is COC(=O)C(SCCC(C)=O)c1ccc(Br)cc1. The minimum atomic E-state index is -0.373. The molecule has 0 bridgehead atoms. The van der Waals surface area contributed by atoms with Gasteiger partial charge in [-0.2, -0.15) is 0 Å². The molecule has 18 heavy (non-hydrogen) atoms. The standard InChI is InChI=1S/C13H15BrO3S/c1-9(15)7-8-18-12(13(16)17-2)10-3-5-11(14)6-4-10/h3-6,12H,7-8H2,1-2H3. The van der Waals surface area contributed by atoms with Crippen LogP contribution in [0.1, 0.15) is 24.2 Å². The summed E-state index contributed by atoms with van der Waals surface area (Å²) in [5.74, 6) is 0.457. The minimum Gasteiger partial charge on any atom is -0.468 e. The van der Waals surface area contributed by atoms with Gasteiger partial charge < -0.3 is 4.74 Å². The maximum absolute atomic E-state index is 11.7. The van der Waals surface area contributed by atoms with Gasteiger partial charge in [0.05, 0.1) is 7.11 Å². The summed E-state index contributed by atoms with van der Waals surface area (Å²) in [4.78, 5) is 22.6. The van der Waals surface area contributed by atoms with Crippen LogP contribution in [0.4, 0.5) is 0 Å². The Morgan fingerprint density at radius 3 is 2.44 bits per heavy atom. The number of esters is 1. The van der Waals surface area contributed by atoms with E-state index < -0.39 is 0 Å². The van der Waals surface area contributed by atoms with Crippen molar-refractivity contribution in [1.82, 2.24) is 0 Å². The van der Waals surface area contributed by atoms with Gasteiger partial charge in [0.1, 0.15) is 11.0 Å². The molecular weight excluding hydrogens is 316 g/mol. The fraction of sp³-hybridized carbons (Fsp3) is 0.385. The second kappa shape index (κ2) is 7.59. The summed E-state index contributed by atoms with van der Waals surface area (Å²) >= 11 is 4.78. The van der Waals surface area contributed by atoms with Gasteiger partial charge in [-0.25, -0.2) is 0 Å². The van der Waals surface area contributed by atoms with Crippen LogP contribution in [-0.2, 0) is 14.3 Å². The predicted octanol–water partition coefficient (Wildman–Crippen LogP) is 3.38. The molecule has 0 radical (unpaired) electrons. The number of carbonyl (C=O) groups excluding carboxylic acids is 2. The Hall–Kier alpha value is -0.810. The molecule has 0 N–H and O–H groups in total. The van der Waals surface area contributed by atoms with Gasteiger partial charge in [0, 0.05) is 16.6 Å². The van der Waals surface area contributed by atoms with E-state index in [1.807, 2.05) is 24.3 Å². The molecule has 0 saturated carbocycles. The van der Waals surface area contributed by atoms with Crippen molar-refractivity contribution in [3.8, 4) is 0 Å². The summed E-state index contributed by atoms with van der Waals surface area (Å²) in [6.07, 6.45) is 0.467. The molecule has 1 aromatic rings. The summed E-state index contributed by atoms with van der Waals surface area (Å²) in [7, 11) is 1.37. The molecule has 3 nitrogen and oxygen atoms in total. The number of ketones is 1. The zero-order valence-electron chi connectivity index (χ0n) is 10.3. The Kier molecular flexibility index (Phi) is 6.43. The highest BCUT2D eigenvalue weighted by Crippen LogP contribution is 2.31. The number of carbonyl (C=O) groups is 2. The highest BCUT2D eigenvalue weighted by molar-refractivity contribution is 9.10. The van der Waals surface area contributed by atoms with Gasteiger partial charge >= 0.3 is 5.97 Å². The first-order chi connectivity index (χ1) is 8.54. The van der Waals surface area contributed by atoms with E-state index in [2.05, 4.69) is 15.9 Å². The number of rotatable bonds is 6. The van der Waals surface area contributed by atoms with E-state index in [1.165, 1.54) is 18.9 Å². The van der Waals surface area contributed by atoms with Crippen LogP contribution >= 0.6 is 27.7 Å². The van der Waals surface area contributed by atoms with Gasteiger partial charge in [0.2, 0.25) is 0 Å². The maximum atomic E-state index is 11.7. The summed E-state index contributed by atoms with van der Waals surface area (Å²) in [6, 6.07) is 7.53. The topological polar surface area (TPSA) is 43.4 Å². The lowest BCUT2D eigenvalue weighted by molar-refractivity contribution is -0.140. The summed E-state index contributed by atoms with van der Waals surface area (Å²) in [5.41, 5.74) is 0.888. The lowest BCUT2D eigenvalue weighted by Gasteiger charge is -2.14. The van der Waals surface area contributed by atoms with Gasteiger partial charge in [0.15, 0.2) is 0 Å². The van der Waals surface area contributed by atoms with E-state index >= 15 is 0 Å². The number of Topliss-reactive ketones (excluding diaryl/α,β-unsaturated/α-hetero) is 1. The van der Waals surface area contributed by atoms with Gasteiger partial charge in [-0.15, -0.1) is 11.8 Å². The molecule has 98 valence electrons. The monoisotopic (exact) mass is 330 g/mol. The van der Waals surface area contributed by atoms with Crippen molar-refractivity contribution in [3.05, 3.63) is 34.3 Å². The first-order valence-corrected chi connectivity index (χ1v) is 7.33. The number of ether oxygens (including phenoxy) is 1. The van der Waals surface area contributed by atoms with E-state index in [1.54, 1.807) is 6.92 Å². The highest BCUT2D eigenvalue weighted by atomic mass is 79.9. The van der Waals surface area contributed by atoms with Crippen molar-refractivity contribution < 1.29 is 14.3 Å². The first kappa shape index (κ1) is 15.2. The summed E-state index contributed by atoms with van der Waals surface area (Å²) in [5, 5.41) is -0.373. The molecule has 5 heteroatoms. The highest BCUT2D eigenvalue weighted by Gasteiger charge is 2.21. The minimum absolute atomic E-state index is 0.127. The van der Waals surface area contributed by atoms with Crippen molar-refractivity contribution in [2.45, 2.75) is 18.6 Å². The first-order valence-electron chi connectivity index (χ1n) is 5.49. The summed E-state index contributed by atoms with van der Waals surface area (Å²) in [6.45, 7) is 1.55. The second-order valence-electron chi connectivity index (χ2n) is 3.78. The average Bonchev–Trinajstić information content (AvgIpc) is 2.35. The van der Waals surface area contributed by atoms with Crippen LogP contribution < -0.4 is 0 Å². The number of methoxy groups -OCH3 is 1. The van der Waals surface area contributed by atoms with Crippen molar-refractivity contribution >= 4 is 39.4 Å². The van der Waals surface area contributed by atoms with Crippen LogP contribution in [0.3, 0.4) is 0 Å². The Morgan fingerprint density at radius 1 is 1.33 bits per heavy atom. The third-order valence-electron chi connectivity index (χ3n) is 2.33. The van der Waals surface area contributed by atoms with E-state index in [9.17, 15) is 9.59 Å². The molecule has 0 aromatic heterocycles. The number of hydrogen-bond donors (Lipinski definition) is 0. The zero-order valence-corrected chi connectivity index (χ0v) is 12.7. The van der Waals surface area contributed by atoms with E-state index in [0.717, 1.165) is 10.0 Å². The van der Waals surface area contributed by atoms with Crippen molar-refractivity contribution in [2.24, 2.45) is 0 Å². The van der Waals surface area contributed by atoms with Crippen molar-refractivity contribution in [3.63, 3.8) is 0 Å². The van der Waals surface area contributed by atoms with E-state index in [0.29, 0.717) is 12.2 Å². The Bertz CT molecular complexity index is 417. The van der Waals surface area contributed by atoms with Gasteiger partial charge in [-0.05, 0) is 24.6 Å². The third-order valence-corrected chi connectivity index (χ3v) is 4.09. The fourth-order valence-electron chi connectivity index (χ4n) is 1.37. The van der Waals surface area contributed by atoms with Gasteiger partial charge in [-0.1, -0.05) is 28.1 Å². The lowest BCUT2D eigenvalue weighted by atomic mass is 10.1. The normalized spacial score (nSPS) is 11.9. The van der Waals surface area contributed by atoms with Crippen LogP contribution in [0, 0.1) is 0 Å². The predicted molar refractivity (Wildman–Crippen MR) is 76.7 cm³/mol. The van der Waals surface area contributed by atoms with Gasteiger partial charge in [-0.3, -0.25) is 9.59 Å². The van der Waals surface area contributed by atoms with E-state index in [4.69, 9.17) is 4.74 Å². The fourth-order valence-corrected chi connectivity index (χ4v) is 2.85. The molecule has 1 rings (SSSR count). The van der Waals surface area contributed by atoms with Gasteiger partial charge in [0.25, 0.3) is 0 Å². The largest absolute Gasteiger partial charge is 0.468 e. The molecule has 1 atom stereocenters. The number of benzene rings is 1. The Morgan fingerprint density at radius 2 is 1.94 bits per heavy atom. The van der Waals surface area contributed by atoms with Crippen molar-refractivity contribution in [1.29, 1.82) is 0 Å². The lowest BCUT2D eigenvalue weighted by Crippen LogP contribution is -2.12. The number of halogens is 1. The molecule has 0 spiro atoms. The smallest absolute Gasteiger partial charge is 0.323 e. The molecule has 0 aliphatic carbocycles. The van der Waals surface area contributed by atoms with Crippen LogP contribution in [0.25, 0.3) is 0 Å². The van der Waals surface area contributed by atoms with Crippen LogP contribution in [0.15, 0.2) is 28.7 Å². The van der Waals surface area contributed by atoms with E-state index in [-0.39, 0.29) is 17.0 Å². The quantitative estimate of drug-likeness (QED) is 0.750. The third kappa shape index (κ3) is 4.82. The van der Waals surface area contributed by atoms with Crippen LogP contribution in [0.5, 0.6) is 0 Å². The van der Waals surface area contributed by atoms with Crippen LogP contribution in [0.2, 0.25) is 0 Å². The zero-order chi connectivity index (χ0) is 13.5. The number of hydrogen-bond acceptors (Lipinski definition) is 4. The number of thioether (sulfide) groups is 1.